The van der Waals surface area contributed by atoms with Gasteiger partial charge in [-0.1, -0.05) is 39.0 Å². The van der Waals surface area contributed by atoms with Gasteiger partial charge >= 0.3 is 11.8 Å². The summed E-state index contributed by atoms with van der Waals surface area (Å²) >= 11 is 0. The average molecular weight is 305 g/mol. The number of amides is 3. The highest BCUT2D eigenvalue weighted by Crippen LogP contribution is 2.29. The predicted octanol–water partition coefficient (Wildman–Crippen LogP) is 1.17. The minimum absolute atomic E-state index is 0.138. The Kier molecular flexibility index (Phi) is 6.56. The van der Waals surface area contributed by atoms with Crippen LogP contribution in [0.2, 0.25) is 0 Å². The van der Waals surface area contributed by atoms with Crippen LogP contribution in [-0.2, 0) is 19.8 Å². The molecule has 0 aliphatic carbocycles. The number of benzene rings is 1. The second-order valence-corrected chi connectivity index (χ2v) is 5.93. The Morgan fingerprint density at radius 3 is 2.41 bits per heavy atom. The van der Waals surface area contributed by atoms with Crippen LogP contribution in [0.1, 0.15) is 32.8 Å². The first kappa shape index (κ1) is 17.7. The molecule has 0 radical (unpaired) electrons. The van der Waals surface area contributed by atoms with E-state index in [1.807, 2.05) is 39.0 Å². The van der Waals surface area contributed by atoms with Gasteiger partial charge in [-0.05, 0) is 23.5 Å². The fourth-order valence-electron chi connectivity index (χ4n) is 1.96. The monoisotopic (exact) mass is 305 g/mol. The van der Waals surface area contributed by atoms with Crippen molar-refractivity contribution >= 4 is 23.9 Å². The lowest BCUT2D eigenvalue weighted by Crippen LogP contribution is -2.37. The van der Waals surface area contributed by atoms with Crippen LogP contribution in [-0.4, -0.2) is 31.3 Å². The van der Waals surface area contributed by atoms with Crippen molar-refractivity contribution < 1.29 is 14.4 Å². The smallest absolute Gasteiger partial charge is 0.313 e. The number of para-hydroxylation sites is 1. The highest BCUT2D eigenvalue weighted by molar-refractivity contribution is 6.39. The summed E-state index contributed by atoms with van der Waals surface area (Å²) in [4.78, 5) is 33.7. The first-order chi connectivity index (χ1) is 10.4. The Bertz CT molecular complexity index is 536. The van der Waals surface area contributed by atoms with Crippen molar-refractivity contribution in [2.75, 3.05) is 18.4 Å². The van der Waals surface area contributed by atoms with E-state index in [0.29, 0.717) is 31.6 Å². The molecule has 6 nitrogen and oxygen atoms in total. The van der Waals surface area contributed by atoms with E-state index < -0.39 is 11.8 Å². The Labute approximate surface area is 130 Å². The number of hydrogen-bond donors (Lipinski definition) is 3. The second-order valence-electron chi connectivity index (χ2n) is 5.93. The molecule has 3 amide bonds. The lowest BCUT2D eigenvalue weighted by Gasteiger charge is -2.22. The van der Waals surface area contributed by atoms with E-state index in [1.54, 1.807) is 6.07 Å². The van der Waals surface area contributed by atoms with Gasteiger partial charge in [0.15, 0.2) is 0 Å². The topological polar surface area (TPSA) is 87.3 Å². The maximum atomic E-state index is 11.9. The van der Waals surface area contributed by atoms with E-state index >= 15 is 0 Å². The van der Waals surface area contributed by atoms with Gasteiger partial charge in [-0.15, -0.1) is 0 Å². The molecule has 120 valence electrons. The second kappa shape index (κ2) is 8.17. The van der Waals surface area contributed by atoms with Crippen LogP contribution >= 0.6 is 0 Å². The van der Waals surface area contributed by atoms with Gasteiger partial charge in [-0.3, -0.25) is 14.4 Å². The van der Waals surface area contributed by atoms with Gasteiger partial charge < -0.3 is 16.0 Å². The minimum atomic E-state index is -0.694. The largest absolute Gasteiger partial charge is 0.359 e. The zero-order valence-electron chi connectivity index (χ0n) is 13.2. The van der Waals surface area contributed by atoms with E-state index in [2.05, 4.69) is 16.0 Å². The molecule has 0 aromatic heterocycles. The van der Waals surface area contributed by atoms with E-state index in [-0.39, 0.29) is 5.41 Å². The maximum absolute atomic E-state index is 11.9. The Morgan fingerprint density at radius 2 is 1.77 bits per heavy atom. The number of hydrogen-bond acceptors (Lipinski definition) is 3. The molecule has 0 saturated heterocycles. The van der Waals surface area contributed by atoms with Gasteiger partial charge in [-0.25, -0.2) is 0 Å². The van der Waals surface area contributed by atoms with Crippen molar-refractivity contribution in [3.05, 3.63) is 29.8 Å². The van der Waals surface area contributed by atoms with Crippen molar-refractivity contribution in [2.24, 2.45) is 0 Å². The first-order valence-corrected chi connectivity index (χ1v) is 7.22. The number of rotatable bonds is 6. The van der Waals surface area contributed by atoms with Crippen molar-refractivity contribution in [3.63, 3.8) is 0 Å². The van der Waals surface area contributed by atoms with E-state index in [1.165, 1.54) is 0 Å². The van der Waals surface area contributed by atoms with Crippen LogP contribution in [0.4, 0.5) is 5.69 Å². The summed E-state index contributed by atoms with van der Waals surface area (Å²) in [6.07, 6.45) is 1.16. The molecular formula is C16H23N3O3. The summed E-state index contributed by atoms with van der Waals surface area (Å²) in [7, 11) is 0. The molecule has 1 aromatic carbocycles. The fraction of sp³-hybridized carbons (Fsp3) is 0.438. The van der Waals surface area contributed by atoms with Gasteiger partial charge in [0, 0.05) is 18.8 Å². The van der Waals surface area contributed by atoms with E-state index in [9.17, 15) is 14.4 Å². The lowest BCUT2D eigenvalue weighted by molar-refractivity contribution is -0.136. The number of nitrogens with one attached hydrogen (secondary N) is 3. The number of carbonyl (C=O) groups excluding carboxylic acids is 3. The molecule has 3 N–H and O–H groups in total. The summed E-state index contributed by atoms with van der Waals surface area (Å²) in [5.41, 5.74) is 1.46. The van der Waals surface area contributed by atoms with Gasteiger partial charge in [-0.2, -0.15) is 0 Å². The Hall–Kier alpha value is -2.37. The van der Waals surface area contributed by atoms with Crippen LogP contribution < -0.4 is 16.0 Å². The molecule has 22 heavy (non-hydrogen) atoms. The summed E-state index contributed by atoms with van der Waals surface area (Å²) in [6, 6.07) is 7.42. The molecule has 0 fully saturated rings. The van der Waals surface area contributed by atoms with Crippen LogP contribution in [0.5, 0.6) is 0 Å². The summed E-state index contributed by atoms with van der Waals surface area (Å²) < 4.78 is 0. The molecule has 1 rings (SSSR count). The summed E-state index contributed by atoms with van der Waals surface area (Å²) in [5, 5.41) is 7.64. The molecule has 0 unspecified atom stereocenters. The first-order valence-electron chi connectivity index (χ1n) is 7.22. The van der Waals surface area contributed by atoms with E-state index in [4.69, 9.17) is 0 Å². The summed E-state index contributed by atoms with van der Waals surface area (Å²) in [6.45, 7) is 6.90. The maximum Gasteiger partial charge on any atom is 0.313 e. The molecule has 0 aliphatic heterocycles. The minimum Gasteiger partial charge on any atom is -0.359 e. The predicted molar refractivity (Wildman–Crippen MR) is 85.5 cm³/mol. The SMILES string of the molecule is CC(C)(C)c1ccccc1NC(=O)C(=O)NCCCNC=O. The molecule has 6 heteroatoms. The standard InChI is InChI=1S/C16H23N3O3/c1-16(2,3)12-7-4-5-8-13(12)19-15(22)14(21)18-10-6-9-17-11-20/h4-5,7-8,11H,6,9-10H2,1-3H3,(H,17,20)(H,18,21)(H,19,22). The number of anilines is 1. The highest BCUT2D eigenvalue weighted by Gasteiger charge is 2.20. The third-order valence-electron chi connectivity index (χ3n) is 3.06. The van der Waals surface area contributed by atoms with E-state index in [0.717, 1.165) is 5.56 Å². The molecule has 0 aliphatic rings. The van der Waals surface area contributed by atoms with Crippen molar-refractivity contribution in [3.8, 4) is 0 Å². The Balaban J connectivity index is 2.58. The van der Waals surface area contributed by atoms with Crippen LogP contribution in [0, 0.1) is 0 Å². The quantitative estimate of drug-likeness (QED) is 0.419. The molecule has 0 heterocycles. The number of carbonyl (C=O) groups is 3. The third-order valence-corrected chi connectivity index (χ3v) is 3.06. The molecule has 0 spiro atoms. The van der Waals surface area contributed by atoms with Gasteiger partial charge in [0.1, 0.15) is 0 Å². The molecule has 0 saturated carbocycles. The van der Waals surface area contributed by atoms with Crippen molar-refractivity contribution in [2.45, 2.75) is 32.6 Å². The zero-order valence-corrected chi connectivity index (χ0v) is 13.2. The average Bonchev–Trinajstić information content (AvgIpc) is 2.46. The summed E-state index contributed by atoms with van der Waals surface area (Å²) in [5.74, 6) is -1.38. The van der Waals surface area contributed by atoms with Crippen molar-refractivity contribution in [1.29, 1.82) is 0 Å². The van der Waals surface area contributed by atoms with Gasteiger partial charge in [0.2, 0.25) is 6.41 Å². The lowest BCUT2D eigenvalue weighted by atomic mass is 9.86. The fourth-order valence-corrected chi connectivity index (χ4v) is 1.96. The van der Waals surface area contributed by atoms with Crippen LogP contribution in [0.15, 0.2) is 24.3 Å². The molecule has 0 atom stereocenters. The van der Waals surface area contributed by atoms with Crippen LogP contribution in [0.25, 0.3) is 0 Å². The highest BCUT2D eigenvalue weighted by atomic mass is 16.2. The van der Waals surface area contributed by atoms with Gasteiger partial charge in [0.05, 0.1) is 0 Å². The van der Waals surface area contributed by atoms with Gasteiger partial charge in [0.25, 0.3) is 0 Å². The molecule has 1 aromatic rings. The molecule has 0 bridgehead atoms. The zero-order chi connectivity index (χ0) is 16.6. The third kappa shape index (κ3) is 5.55. The normalized spacial score (nSPS) is 10.7. The van der Waals surface area contributed by atoms with Crippen molar-refractivity contribution in [1.82, 2.24) is 10.6 Å². The van der Waals surface area contributed by atoms with Crippen LogP contribution in [0.3, 0.4) is 0 Å². The molecular weight excluding hydrogens is 282 g/mol. The Morgan fingerprint density at radius 1 is 1.09 bits per heavy atom.